The van der Waals surface area contributed by atoms with Crippen LogP contribution in [0.15, 0.2) is 12.1 Å². The topological polar surface area (TPSA) is 26.0 Å². The van der Waals surface area contributed by atoms with Gasteiger partial charge in [-0.05, 0) is 18.6 Å². The first-order chi connectivity index (χ1) is 4.63. The summed E-state index contributed by atoms with van der Waals surface area (Å²) in [4.78, 5) is 0. The van der Waals surface area contributed by atoms with Gasteiger partial charge in [-0.1, -0.05) is 17.7 Å². The van der Waals surface area contributed by atoms with Gasteiger partial charge in [0.05, 0.1) is 10.7 Å². The Morgan fingerprint density at radius 2 is 2.10 bits per heavy atom. The Morgan fingerprint density at radius 3 is 2.60 bits per heavy atom. The second-order valence-electron chi connectivity index (χ2n) is 2.09. The minimum atomic E-state index is -0.424. The highest BCUT2D eigenvalue weighted by Crippen LogP contribution is 2.23. The molecule has 54 valence electrons. The molecule has 0 saturated carbocycles. The van der Waals surface area contributed by atoms with Gasteiger partial charge < -0.3 is 5.73 Å². The maximum atomic E-state index is 12.8. The van der Waals surface area contributed by atoms with Gasteiger partial charge in [0.1, 0.15) is 0 Å². The summed E-state index contributed by atoms with van der Waals surface area (Å²) in [5.41, 5.74) is 5.82. The largest absolute Gasteiger partial charge is 0.395 e. The van der Waals surface area contributed by atoms with E-state index in [2.05, 4.69) is 0 Å². The first-order valence-electron chi connectivity index (χ1n) is 2.83. The van der Waals surface area contributed by atoms with Gasteiger partial charge in [0.25, 0.3) is 0 Å². The number of nitrogen functional groups attached to an aromatic ring is 1. The molecule has 3 heteroatoms. The van der Waals surface area contributed by atoms with Crippen molar-refractivity contribution in [3.05, 3.63) is 28.5 Å². The van der Waals surface area contributed by atoms with Crippen LogP contribution in [0.2, 0.25) is 5.02 Å². The van der Waals surface area contributed by atoms with Crippen molar-refractivity contribution in [1.29, 1.82) is 0 Å². The van der Waals surface area contributed by atoms with E-state index >= 15 is 0 Å². The number of benzene rings is 1. The Labute approximate surface area is 63.6 Å². The Morgan fingerprint density at radius 1 is 1.50 bits per heavy atom. The van der Waals surface area contributed by atoms with Crippen molar-refractivity contribution >= 4 is 17.3 Å². The zero-order valence-corrected chi connectivity index (χ0v) is 6.24. The summed E-state index contributed by atoms with van der Waals surface area (Å²) in [5.74, 6) is -0.424. The number of anilines is 1. The fourth-order valence-electron chi connectivity index (χ4n) is 0.678. The van der Waals surface area contributed by atoms with E-state index in [0.29, 0.717) is 5.56 Å². The Kier molecular flexibility index (Phi) is 1.81. The summed E-state index contributed by atoms with van der Waals surface area (Å²) in [5, 5.41) is 0.267. The number of hydrogen-bond acceptors (Lipinski definition) is 1. The minimum absolute atomic E-state index is 0.0293. The van der Waals surface area contributed by atoms with E-state index in [9.17, 15) is 4.39 Å². The highest BCUT2D eigenvalue weighted by atomic mass is 35.5. The molecule has 0 heterocycles. The van der Waals surface area contributed by atoms with Gasteiger partial charge in [-0.2, -0.15) is 0 Å². The van der Waals surface area contributed by atoms with Crippen molar-refractivity contribution in [2.45, 2.75) is 6.92 Å². The van der Waals surface area contributed by atoms with Crippen molar-refractivity contribution in [3.8, 4) is 0 Å². The number of nitrogens with two attached hydrogens (primary N) is 1. The van der Waals surface area contributed by atoms with Crippen LogP contribution < -0.4 is 5.73 Å². The van der Waals surface area contributed by atoms with E-state index in [-0.39, 0.29) is 10.7 Å². The molecule has 0 bridgehead atoms. The number of halogens is 2. The molecule has 0 spiro atoms. The molecule has 0 aliphatic rings. The Bertz CT molecular complexity index is 233. The first kappa shape index (κ1) is 7.35. The van der Waals surface area contributed by atoms with Crippen LogP contribution in [0.25, 0.3) is 0 Å². The van der Waals surface area contributed by atoms with Crippen molar-refractivity contribution in [3.63, 3.8) is 0 Å². The SMILES string of the molecule is Cc1ccc(Cl)c(N)c1F. The maximum absolute atomic E-state index is 12.8. The van der Waals surface area contributed by atoms with Gasteiger partial charge >= 0.3 is 0 Å². The third-order valence-electron chi connectivity index (χ3n) is 1.32. The third-order valence-corrected chi connectivity index (χ3v) is 1.65. The summed E-state index contributed by atoms with van der Waals surface area (Å²) in [6, 6.07) is 3.17. The molecule has 1 aromatic carbocycles. The highest BCUT2D eigenvalue weighted by Gasteiger charge is 2.04. The molecule has 10 heavy (non-hydrogen) atoms. The van der Waals surface area contributed by atoms with Crippen molar-refractivity contribution in [1.82, 2.24) is 0 Å². The summed E-state index contributed by atoms with van der Waals surface area (Å²) in [6.45, 7) is 1.64. The molecule has 0 aromatic heterocycles. The van der Waals surface area contributed by atoms with Gasteiger partial charge in [0.2, 0.25) is 0 Å². The normalized spacial score (nSPS) is 9.90. The van der Waals surface area contributed by atoms with Gasteiger partial charge in [-0.15, -0.1) is 0 Å². The average molecular weight is 160 g/mol. The molecule has 0 atom stereocenters. The molecule has 2 N–H and O–H groups in total. The van der Waals surface area contributed by atoms with E-state index in [1.54, 1.807) is 19.1 Å². The lowest BCUT2D eigenvalue weighted by molar-refractivity contribution is 0.623. The van der Waals surface area contributed by atoms with Gasteiger partial charge in [-0.3, -0.25) is 0 Å². The second-order valence-corrected chi connectivity index (χ2v) is 2.50. The number of rotatable bonds is 0. The van der Waals surface area contributed by atoms with Crippen LogP contribution in [0.1, 0.15) is 5.56 Å². The number of hydrogen-bond donors (Lipinski definition) is 1. The first-order valence-corrected chi connectivity index (χ1v) is 3.21. The van der Waals surface area contributed by atoms with Gasteiger partial charge in [0.15, 0.2) is 5.82 Å². The zero-order chi connectivity index (χ0) is 7.72. The lowest BCUT2D eigenvalue weighted by Crippen LogP contribution is -1.93. The summed E-state index contributed by atoms with van der Waals surface area (Å²) in [6.07, 6.45) is 0. The standard InChI is InChI=1S/C7H7ClFN/c1-4-2-3-5(8)7(10)6(4)9/h2-3H,10H2,1H3. The van der Waals surface area contributed by atoms with Crippen molar-refractivity contribution in [2.75, 3.05) is 5.73 Å². The molecule has 0 unspecified atom stereocenters. The van der Waals surface area contributed by atoms with Crippen LogP contribution >= 0.6 is 11.6 Å². The Balaban J connectivity index is 3.34. The monoisotopic (exact) mass is 159 g/mol. The van der Waals surface area contributed by atoms with Crippen molar-refractivity contribution < 1.29 is 4.39 Å². The fourth-order valence-corrected chi connectivity index (χ4v) is 0.824. The molecular weight excluding hydrogens is 153 g/mol. The quantitative estimate of drug-likeness (QED) is 0.578. The van der Waals surface area contributed by atoms with Gasteiger partial charge in [-0.25, -0.2) is 4.39 Å². The molecule has 0 radical (unpaired) electrons. The lowest BCUT2D eigenvalue weighted by Gasteiger charge is -2.00. The summed E-state index contributed by atoms with van der Waals surface area (Å²) >= 11 is 5.52. The third kappa shape index (κ3) is 1.07. The zero-order valence-electron chi connectivity index (χ0n) is 5.49. The molecule has 1 nitrogen and oxygen atoms in total. The van der Waals surface area contributed by atoms with E-state index in [0.717, 1.165) is 0 Å². The molecule has 0 amide bonds. The molecule has 0 aliphatic carbocycles. The summed E-state index contributed by atoms with van der Waals surface area (Å²) in [7, 11) is 0. The number of aryl methyl sites for hydroxylation is 1. The second kappa shape index (κ2) is 2.46. The Hall–Kier alpha value is -0.760. The maximum Gasteiger partial charge on any atom is 0.150 e. The van der Waals surface area contributed by atoms with Crippen LogP contribution in [-0.2, 0) is 0 Å². The molecule has 1 rings (SSSR count). The molecular formula is C7H7ClFN. The van der Waals surface area contributed by atoms with Gasteiger partial charge in [0, 0.05) is 0 Å². The smallest absolute Gasteiger partial charge is 0.150 e. The van der Waals surface area contributed by atoms with E-state index in [4.69, 9.17) is 17.3 Å². The fraction of sp³-hybridized carbons (Fsp3) is 0.143. The molecule has 0 aliphatic heterocycles. The highest BCUT2D eigenvalue weighted by molar-refractivity contribution is 6.33. The van der Waals surface area contributed by atoms with Crippen LogP contribution in [0.4, 0.5) is 10.1 Å². The molecule has 0 fully saturated rings. The molecule has 1 aromatic rings. The van der Waals surface area contributed by atoms with Crippen LogP contribution in [0.5, 0.6) is 0 Å². The van der Waals surface area contributed by atoms with E-state index < -0.39 is 5.82 Å². The average Bonchev–Trinajstić information content (AvgIpc) is 1.93. The lowest BCUT2D eigenvalue weighted by atomic mass is 10.2. The predicted molar refractivity (Wildman–Crippen MR) is 40.6 cm³/mol. The van der Waals surface area contributed by atoms with Crippen molar-refractivity contribution in [2.24, 2.45) is 0 Å². The minimum Gasteiger partial charge on any atom is -0.395 e. The molecule has 0 saturated heterocycles. The van der Waals surface area contributed by atoms with Crippen LogP contribution in [0.3, 0.4) is 0 Å². The van der Waals surface area contributed by atoms with Crippen LogP contribution in [0, 0.1) is 12.7 Å². The van der Waals surface area contributed by atoms with E-state index in [1.807, 2.05) is 0 Å². The summed E-state index contributed by atoms with van der Waals surface area (Å²) < 4.78 is 12.8. The van der Waals surface area contributed by atoms with Crippen LogP contribution in [-0.4, -0.2) is 0 Å². The predicted octanol–water partition coefficient (Wildman–Crippen LogP) is 2.37. The van der Waals surface area contributed by atoms with E-state index in [1.165, 1.54) is 0 Å².